The quantitative estimate of drug-likeness (QED) is 0.609. The maximum Gasteiger partial charge on any atom is 0.343 e. The molecule has 0 aliphatic rings. The molecule has 0 fully saturated rings. The highest BCUT2D eigenvalue weighted by Crippen LogP contribution is 2.36. The Kier molecular flexibility index (Phi) is 4.92. The Morgan fingerprint density at radius 2 is 1.78 bits per heavy atom. The summed E-state index contributed by atoms with van der Waals surface area (Å²) in [7, 11) is -1.86. The summed E-state index contributed by atoms with van der Waals surface area (Å²) in [5.74, 6) is 0.405. The van der Waals surface area contributed by atoms with Crippen molar-refractivity contribution in [2.24, 2.45) is 0 Å². The van der Waals surface area contributed by atoms with Crippen LogP contribution in [-0.4, -0.2) is 21.2 Å². The molecule has 23 heavy (non-hydrogen) atoms. The first kappa shape index (κ1) is 17.6. The van der Waals surface area contributed by atoms with E-state index in [4.69, 9.17) is 8.84 Å². The van der Waals surface area contributed by atoms with Crippen LogP contribution in [-0.2, 0) is 10.8 Å². The number of hydrogen-bond acceptors (Lipinski definition) is 4. The first-order valence-corrected chi connectivity index (χ1v) is 10.7. The third kappa shape index (κ3) is 3.62. The van der Waals surface area contributed by atoms with Gasteiger partial charge in [0.25, 0.3) is 0 Å². The van der Waals surface area contributed by atoms with Crippen LogP contribution in [0.25, 0.3) is 10.8 Å². The normalized spacial score (nSPS) is 12.6. The van der Waals surface area contributed by atoms with Crippen molar-refractivity contribution < 1.29 is 13.6 Å². The van der Waals surface area contributed by atoms with Gasteiger partial charge in [-0.05, 0) is 24.2 Å². The minimum atomic E-state index is -1.86. The van der Waals surface area contributed by atoms with E-state index in [0.717, 1.165) is 6.29 Å². The summed E-state index contributed by atoms with van der Waals surface area (Å²) in [5, 5.41) is 1.19. The van der Waals surface area contributed by atoms with E-state index in [1.807, 2.05) is 6.07 Å². The largest absolute Gasteiger partial charge is 0.427 e. The predicted octanol–water partition coefficient (Wildman–Crippen LogP) is 4.17. The van der Waals surface area contributed by atoms with Gasteiger partial charge in [0, 0.05) is 18.4 Å². The molecule has 2 aromatic rings. The van der Waals surface area contributed by atoms with Crippen LogP contribution >= 0.6 is 0 Å². The van der Waals surface area contributed by atoms with Gasteiger partial charge in [0.05, 0.1) is 10.9 Å². The van der Waals surface area contributed by atoms with Crippen LogP contribution < -0.4 is 5.63 Å². The zero-order valence-corrected chi connectivity index (χ0v) is 15.4. The molecule has 1 heterocycles. The molecule has 124 valence electrons. The molecule has 5 heteroatoms. The van der Waals surface area contributed by atoms with Gasteiger partial charge in [-0.25, -0.2) is 4.79 Å². The molecule has 4 nitrogen and oxygen atoms in total. The highest BCUT2D eigenvalue weighted by molar-refractivity contribution is 6.74. The molecule has 0 amide bonds. The van der Waals surface area contributed by atoms with Crippen molar-refractivity contribution in [1.82, 2.24) is 0 Å². The predicted molar refractivity (Wildman–Crippen MR) is 94.7 cm³/mol. The van der Waals surface area contributed by atoms with E-state index in [1.54, 1.807) is 18.2 Å². The number of aldehydes is 1. The van der Waals surface area contributed by atoms with Gasteiger partial charge in [0.1, 0.15) is 5.76 Å². The molecule has 0 saturated carbocycles. The van der Waals surface area contributed by atoms with Gasteiger partial charge in [-0.1, -0.05) is 39.0 Å². The van der Waals surface area contributed by atoms with E-state index in [0.29, 0.717) is 35.1 Å². The van der Waals surface area contributed by atoms with Crippen LogP contribution in [0.15, 0.2) is 33.5 Å². The minimum Gasteiger partial charge on any atom is -0.427 e. The van der Waals surface area contributed by atoms with Crippen LogP contribution in [0.3, 0.4) is 0 Å². The van der Waals surface area contributed by atoms with Crippen LogP contribution in [0.2, 0.25) is 18.1 Å². The van der Waals surface area contributed by atoms with Gasteiger partial charge in [0.15, 0.2) is 14.6 Å². The Hall–Kier alpha value is -1.72. The standard InChI is InChI=1S/C18H24O4Si/c1-18(2,3)23(4,5)21-11-10-16-15(12-19)13-8-6-7-9-14(13)17(20)22-16/h6-9,12H,10-11H2,1-5H3. The lowest BCUT2D eigenvalue weighted by Crippen LogP contribution is -2.41. The Morgan fingerprint density at radius 1 is 1.17 bits per heavy atom. The molecule has 0 unspecified atom stereocenters. The number of rotatable bonds is 5. The SMILES string of the molecule is CC(C)(C)[Si](C)(C)OCCc1oc(=O)c2ccccc2c1C=O. The van der Waals surface area contributed by atoms with Crippen molar-refractivity contribution >= 4 is 25.4 Å². The first-order chi connectivity index (χ1) is 10.7. The lowest BCUT2D eigenvalue weighted by atomic mass is 10.1. The van der Waals surface area contributed by atoms with E-state index in [-0.39, 0.29) is 5.04 Å². The molecule has 0 radical (unpaired) electrons. The highest BCUT2D eigenvalue weighted by Gasteiger charge is 2.37. The van der Waals surface area contributed by atoms with Gasteiger partial charge in [0.2, 0.25) is 0 Å². The summed E-state index contributed by atoms with van der Waals surface area (Å²) in [6, 6.07) is 7.01. The van der Waals surface area contributed by atoms with Crippen molar-refractivity contribution in [3.05, 3.63) is 46.0 Å². The molecule has 2 rings (SSSR count). The third-order valence-corrected chi connectivity index (χ3v) is 9.21. The molecular formula is C18H24O4Si. The summed E-state index contributed by atoms with van der Waals surface area (Å²) >= 11 is 0. The van der Waals surface area contributed by atoms with E-state index in [1.165, 1.54) is 0 Å². The van der Waals surface area contributed by atoms with Crippen molar-refractivity contribution in [1.29, 1.82) is 0 Å². The fraction of sp³-hybridized carbons (Fsp3) is 0.444. The van der Waals surface area contributed by atoms with Crippen molar-refractivity contribution in [2.75, 3.05) is 6.61 Å². The van der Waals surface area contributed by atoms with E-state index < -0.39 is 13.9 Å². The fourth-order valence-corrected chi connectivity index (χ4v) is 3.24. The van der Waals surface area contributed by atoms with Gasteiger partial charge in [-0.2, -0.15) is 0 Å². The lowest BCUT2D eigenvalue weighted by molar-refractivity contribution is 0.112. The smallest absolute Gasteiger partial charge is 0.343 e. The van der Waals surface area contributed by atoms with Crippen LogP contribution in [0.4, 0.5) is 0 Å². The van der Waals surface area contributed by atoms with Crippen LogP contribution in [0, 0.1) is 0 Å². The monoisotopic (exact) mass is 332 g/mol. The molecule has 0 aliphatic carbocycles. The summed E-state index contributed by atoms with van der Waals surface area (Å²) < 4.78 is 11.5. The van der Waals surface area contributed by atoms with Gasteiger partial charge in [-0.3, -0.25) is 4.79 Å². The number of carbonyl (C=O) groups excluding carboxylic acids is 1. The van der Waals surface area contributed by atoms with Crippen LogP contribution in [0.1, 0.15) is 36.9 Å². The average molecular weight is 332 g/mol. The van der Waals surface area contributed by atoms with Crippen LogP contribution in [0.5, 0.6) is 0 Å². The molecule has 0 bridgehead atoms. The number of benzene rings is 1. The van der Waals surface area contributed by atoms with Crippen molar-refractivity contribution in [3.63, 3.8) is 0 Å². The Bertz CT molecular complexity index is 769. The second kappa shape index (κ2) is 6.41. The van der Waals surface area contributed by atoms with Gasteiger partial charge >= 0.3 is 5.63 Å². The average Bonchev–Trinajstić information content (AvgIpc) is 2.46. The molecule has 0 spiro atoms. The molecule has 1 aromatic carbocycles. The Balaban J connectivity index is 2.28. The van der Waals surface area contributed by atoms with E-state index in [2.05, 4.69) is 33.9 Å². The van der Waals surface area contributed by atoms with Crippen molar-refractivity contribution in [2.45, 2.75) is 45.3 Å². The zero-order chi connectivity index (χ0) is 17.3. The van der Waals surface area contributed by atoms with E-state index in [9.17, 15) is 9.59 Å². The lowest BCUT2D eigenvalue weighted by Gasteiger charge is -2.36. The van der Waals surface area contributed by atoms with E-state index >= 15 is 0 Å². The van der Waals surface area contributed by atoms with Gasteiger partial charge < -0.3 is 8.84 Å². The zero-order valence-electron chi connectivity index (χ0n) is 14.4. The Morgan fingerprint density at radius 3 is 2.35 bits per heavy atom. The number of carbonyl (C=O) groups is 1. The first-order valence-electron chi connectivity index (χ1n) is 7.81. The second-order valence-corrected chi connectivity index (χ2v) is 12.1. The third-order valence-electron chi connectivity index (χ3n) is 4.67. The summed E-state index contributed by atoms with van der Waals surface area (Å²) in [6.45, 7) is 11.3. The number of hydrogen-bond donors (Lipinski definition) is 0. The second-order valence-electron chi connectivity index (χ2n) is 7.25. The summed E-state index contributed by atoms with van der Waals surface area (Å²) in [6.07, 6.45) is 1.17. The maximum absolute atomic E-state index is 12.1. The minimum absolute atomic E-state index is 0.116. The summed E-state index contributed by atoms with van der Waals surface area (Å²) in [5.41, 5.74) is 0.0348. The highest BCUT2D eigenvalue weighted by atomic mass is 28.4. The molecule has 1 aromatic heterocycles. The Labute approximate surface area is 137 Å². The molecular weight excluding hydrogens is 308 g/mol. The van der Waals surface area contributed by atoms with Crippen molar-refractivity contribution in [3.8, 4) is 0 Å². The molecule has 0 aliphatic heterocycles. The number of fused-ring (bicyclic) bond motifs is 1. The molecule has 0 atom stereocenters. The topological polar surface area (TPSA) is 56.5 Å². The molecule has 0 saturated heterocycles. The summed E-state index contributed by atoms with van der Waals surface area (Å²) in [4.78, 5) is 23.6. The maximum atomic E-state index is 12.1. The van der Waals surface area contributed by atoms with Gasteiger partial charge in [-0.15, -0.1) is 0 Å². The molecule has 0 N–H and O–H groups in total. The fourth-order valence-electron chi connectivity index (χ4n) is 2.20.